The van der Waals surface area contributed by atoms with Gasteiger partial charge in [-0.3, -0.25) is 14.6 Å². The molecule has 0 fully saturated rings. The Kier molecular flexibility index (Phi) is 5.68. The molecule has 4 rings (SSSR count). The summed E-state index contributed by atoms with van der Waals surface area (Å²) in [5.41, 5.74) is 6.61. The van der Waals surface area contributed by atoms with Crippen LogP contribution in [0.2, 0.25) is 0 Å². The minimum Gasteiger partial charge on any atom is -0.288 e. The molecular weight excluding hydrogens is 344 g/mol. The van der Waals surface area contributed by atoms with E-state index in [0.29, 0.717) is 6.04 Å². The van der Waals surface area contributed by atoms with E-state index >= 15 is 0 Å². The Labute approximate surface area is 167 Å². The highest BCUT2D eigenvalue weighted by molar-refractivity contribution is 5.32. The lowest BCUT2D eigenvalue weighted by atomic mass is 9.86. The van der Waals surface area contributed by atoms with Crippen LogP contribution < -0.4 is 0 Å². The maximum absolute atomic E-state index is 4.66. The molecule has 1 atom stereocenters. The molecule has 0 saturated heterocycles. The highest BCUT2D eigenvalue weighted by Crippen LogP contribution is 2.36. The number of benzene rings is 1. The first-order valence-electron chi connectivity index (χ1n) is 10.1. The van der Waals surface area contributed by atoms with Crippen LogP contribution >= 0.6 is 0 Å². The normalized spacial score (nSPS) is 16.1. The largest absolute Gasteiger partial charge is 0.288 e. The van der Waals surface area contributed by atoms with Gasteiger partial charge in [0.15, 0.2) is 0 Å². The molecule has 4 nitrogen and oxygen atoms in total. The van der Waals surface area contributed by atoms with E-state index in [-0.39, 0.29) is 0 Å². The molecule has 0 amide bonds. The Morgan fingerprint density at radius 1 is 1.21 bits per heavy atom. The van der Waals surface area contributed by atoms with Gasteiger partial charge in [-0.2, -0.15) is 5.10 Å². The van der Waals surface area contributed by atoms with Gasteiger partial charge < -0.3 is 0 Å². The lowest BCUT2D eigenvalue weighted by Gasteiger charge is -2.36. The number of hydrogen-bond acceptors (Lipinski definition) is 3. The van der Waals surface area contributed by atoms with Crippen LogP contribution in [0.4, 0.5) is 0 Å². The van der Waals surface area contributed by atoms with E-state index in [1.54, 1.807) is 0 Å². The fourth-order valence-electron chi connectivity index (χ4n) is 4.27. The molecule has 0 bridgehead atoms. The molecule has 3 aromatic rings. The molecule has 2 aromatic heterocycles. The zero-order valence-electron chi connectivity index (χ0n) is 16.6. The van der Waals surface area contributed by atoms with Crippen molar-refractivity contribution in [1.82, 2.24) is 19.7 Å². The van der Waals surface area contributed by atoms with Gasteiger partial charge in [0.05, 0.1) is 12.2 Å². The Hall–Kier alpha value is -2.72. The van der Waals surface area contributed by atoms with Crippen molar-refractivity contribution in [1.29, 1.82) is 0 Å². The minimum atomic E-state index is 0.423. The molecule has 0 radical (unpaired) electrons. The van der Waals surface area contributed by atoms with Crippen LogP contribution in [0.15, 0.2) is 67.6 Å². The van der Waals surface area contributed by atoms with Gasteiger partial charge in [0.1, 0.15) is 0 Å². The number of pyridine rings is 1. The van der Waals surface area contributed by atoms with Crippen LogP contribution in [0.1, 0.15) is 46.8 Å². The quantitative estimate of drug-likeness (QED) is 0.556. The molecule has 0 N–H and O–H groups in total. The van der Waals surface area contributed by atoms with E-state index in [1.807, 2.05) is 29.2 Å². The monoisotopic (exact) mass is 372 g/mol. The summed E-state index contributed by atoms with van der Waals surface area (Å²) in [6, 6.07) is 13.6. The summed E-state index contributed by atoms with van der Waals surface area (Å²) in [5.74, 6) is 0. The SMILES string of the molecule is C=CCn1cc(CN(Cc2cccnc2)[C@@H]2CCCc3ccccc32)c(C)n1. The van der Waals surface area contributed by atoms with Gasteiger partial charge in [-0.25, -0.2) is 0 Å². The maximum atomic E-state index is 4.66. The fourth-order valence-corrected chi connectivity index (χ4v) is 4.27. The average Bonchev–Trinajstić information content (AvgIpc) is 3.07. The van der Waals surface area contributed by atoms with Crippen LogP contribution in [-0.2, 0) is 26.1 Å². The third-order valence-electron chi connectivity index (χ3n) is 5.62. The fraction of sp³-hybridized carbons (Fsp3) is 0.333. The lowest BCUT2D eigenvalue weighted by molar-refractivity contribution is 0.160. The van der Waals surface area contributed by atoms with E-state index in [9.17, 15) is 0 Å². The average molecular weight is 373 g/mol. The number of aryl methyl sites for hydroxylation is 2. The van der Waals surface area contributed by atoms with Crippen molar-refractivity contribution in [2.24, 2.45) is 0 Å². The van der Waals surface area contributed by atoms with Gasteiger partial charge in [0.2, 0.25) is 0 Å². The molecule has 2 heterocycles. The van der Waals surface area contributed by atoms with Gasteiger partial charge >= 0.3 is 0 Å². The number of fused-ring (bicyclic) bond motifs is 1. The number of nitrogens with zero attached hydrogens (tertiary/aromatic N) is 4. The van der Waals surface area contributed by atoms with Crippen LogP contribution in [0.3, 0.4) is 0 Å². The first-order valence-corrected chi connectivity index (χ1v) is 10.1. The zero-order chi connectivity index (χ0) is 19.3. The van der Waals surface area contributed by atoms with Gasteiger partial charge in [-0.1, -0.05) is 36.4 Å². The maximum Gasteiger partial charge on any atom is 0.0638 e. The van der Waals surface area contributed by atoms with Crippen LogP contribution in [0, 0.1) is 6.92 Å². The van der Waals surface area contributed by atoms with Crippen LogP contribution in [-0.4, -0.2) is 19.7 Å². The van der Waals surface area contributed by atoms with Gasteiger partial charge in [-0.15, -0.1) is 6.58 Å². The summed E-state index contributed by atoms with van der Waals surface area (Å²) in [6.07, 6.45) is 11.5. The Morgan fingerprint density at radius 3 is 2.93 bits per heavy atom. The summed E-state index contributed by atoms with van der Waals surface area (Å²) < 4.78 is 1.98. The molecule has 4 heteroatoms. The Bertz CT molecular complexity index is 929. The molecule has 0 saturated carbocycles. The molecule has 1 aromatic carbocycles. The standard InChI is InChI=1S/C24H28N4/c1-3-14-28-18-22(19(2)26-28)17-27(16-20-8-7-13-25-15-20)24-12-6-10-21-9-4-5-11-23(21)24/h3-5,7-9,11,13,15,18,24H,1,6,10,12,14,16-17H2,2H3/t24-/m1/s1. The molecule has 0 aliphatic heterocycles. The number of aromatic nitrogens is 3. The third kappa shape index (κ3) is 4.07. The second-order valence-electron chi connectivity index (χ2n) is 7.62. The number of hydrogen-bond donors (Lipinski definition) is 0. The summed E-state index contributed by atoms with van der Waals surface area (Å²) in [6.45, 7) is 8.45. The molecule has 144 valence electrons. The molecule has 0 spiro atoms. The van der Waals surface area contributed by atoms with Crippen molar-refractivity contribution in [2.45, 2.75) is 51.9 Å². The topological polar surface area (TPSA) is 34.0 Å². The summed E-state index contributed by atoms with van der Waals surface area (Å²) in [4.78, 5) is 6.92. The van der Waals surface area contributed by atoms with E-state index in [1.165, 1.54) is 41.5 Å². The van der Waals surface area contributed by atoms with E-state index in [2.05, 4.69) is 65.0 Å². The Balaban J connectivity index is 1.66. The van der Waals surface area contributed by atoms with Crippen LogP contribution in [0.5, 0.6) is 0 Å². The second kappa shape index (κ2) is 8.53. The number of allylic oxidation sites excluding steroid dienone is 1. The molecule has 0 unspecified atom stereocenters. The van der Waals surface area contributed by atoms with Crippen molar-refractivity contribution in [2.75, 3.05) is 0 Å². The van der Waals surface area contributed by atoms with Crippen molar-refractivity contribution in [3.8, 4) is 0 Å². The first-order chi connectivity index (χ1) is 13.7. The summed E-state index contributed by atoms with van der Waals surface area (Å²) >= 11 is 0. The Morgan fingerprint density at radius 2 is 2.11 bits per heavy atom. The van der Waals surface area contributed by atoms with Gasteiger partial charge in [0, 0.05) is 43.3 Å². The van der Waals surface area contributed by atoms with Crippen LogP contribution in [0.25, 0.3) is 0 Å². The summed E-state index contributed by atoms with van der Waals surface area (Å²) in [5, 5.41) is 4.66. The molecule has 1 aliphatic rings. The molecule has 28 heavy (non-hydrogen) atoms. The predicted octanol–water partition coefficient (Wildman–Crippen LogP) is 4.85. The van der Waals surface area contributed by atoms with Gasteiger partial charge in [0.25, 0.3) is 0 Å². The smallest absolute Gasteiger partial charge is 0.0638 e. The van der Waals surface area contributed by atoms with Gasteiger partial charge in [-0.05, 0) is 48.9 Å². The van der Waals surface area contributed by atoms with Crippen molar-refractivity contribution < 1.29 is 0 Å². The first kappa shape index (κ1) is 18.6. The van der Waals surface area contributed by atoms with E-state index < -0.39 is 0 Å². The molecular formula is C24H28N4. The minimum absolute atomic E-state index is 0.423. The number of rotatable bonds is 7. The van der Waals surface area contributed by atoms with E-state index in [4.69, 9.17) is 0 Å². The van der Waals surface area contributed by atoms with Crippen molar-refractivity contribution in [3.63, 3.8) is 0 Å². The predicted molar refractivity (Wildman–Crippen MR) is 113 cm³/mol. The highest BCUT2D eigenvalue weighted by atomic mass is 15.3. The zero-order valence-corrected chi connectivity index (χ0v) is 16.6. The van der Waals surface area contributed by atoms with E-state index in [0.717, 1.165) is 25.3 Å². The van der Waals surface area contributed by atoms with Crippen molar-refractivity contribution in [3.05, 3.63) is 95.6 Å². The second-order valence-corrected chi connectivity index (χ2v) is 7.62. The third-order valence-corrected chi connectivity index (χ3v) is 5.62. The van der Waals surface area contributed by atoms with Crippen molar-refractivity contribution >= 4 is 0 Å². The summed E-state index contributed by atoms with van der Waals surface area (Å²) in [7, 11) is 0. The highest BCUT2D eigenvalue weighted by Gasteiger charge is 2.26. The molecule has 1 aliphatic carbocycles. The lowest BCUT2D eigenvalue weighted by Crippen LogP contribution is -2.30.